The van der Waals surface area contributed by atoms with E-state index in [1.54, 1.807) is 5.57 Å². The van der Waals surface area contributed by atoms with Gasteiger partial charge in [0, 0.05) is 6.54 Å². The van der Waals surface area contributed by atoms with Gasteiger partial charge in [-0.2, -0.15) is 0 Å². The van der Waals surface area contributed by atoms with Crippen molar-refractivity contribution in [1.82, 2.24) is 4.90 Å². The summed E-state index contributed by atoms with van der Waals surface area (Å²) in [5.41, 5.74) is 1.58. The topological polar surface area (TPSA) is 68.2 Å². The number of unbranched alkanes of at least 4 members (excludes halogenated alkanes) is 9. The second-order valence-corrected chi connectivity index (χ2v) is 11.9. The van der Waals surface area contributed by atoms with Gasteiger partial charge in [0.2, 0.25) is 0 Å². The number of phosphoric ester groups is 1. The molecule has 2 aliphatic rings. The highest BCUT2D eigenvalue weighted by Gasteiger charge is 2.22. The Morgan fingerprint density at radius 3 is 2.17 bits per heavy atom. The molecule has 1 heterocycles. The number of piperidine rings is 1. The van der Waals surface area contributed by atoms with Crippen LogP contribution in [0.25, 0.3) is 0 Å². The van der Waals surface area contributed by atoms with Gasteiger partial charge in [0.05, 0.1) is 25.9 Å². The first-order valence-electron chi connectivity index (χ1n) is 14.7. The van der Waals surface area contributed by atoms with E-state index in [4.69, 9.17) is 13.8 Å². The standard InChI is InChI=1S/C28H54NO5P/c1-2-3-4-5-6-7-8-9-10-12-16-27-17-19-28(20-18-27)32-25-26-34-35(30,31)33-24-15-23-29-21-13-11-14-22-29/h16,28H,2-15,17-26H2,1H3,(H,30,31). The van der Waals surface area contributed by atoms with Gasteiger partial charge in [0.1, 0.15) is 0 Å². The van der Waals surface area contributed by atoms with E-state index >= 15 is 0 Å². The molecule has 0 amide bonds. The summed E-state index contributed by atoms with van der Waals surface area (Å²) < 4.78 is 28.1. The number of rotatable bonds is 20. The lowest BCUT2D eigenvalue weighted by Crippen LogP contribution is -2.31. The van der Waals surface area contributed by atoms with Gasteiger partial charge in [-0.15, -0.1) is 0 Å². The molecule has 0 spiro atoms. The highest BCUT2D eigenvalue weighted by molar-refractivity contribution is 7.47. The lowest BCUT2D eigenvalue weighted by atomic mass is 9.91. The fraction of sp³-hybridized carbons (Fsp3) is 0.929. The molecule has 35 heavy (non-hydrogen) atoms. The SMILES string of the molecule is CCCCCCCCCCCC=C1CCC(OCCOP(=O)(O)OCCCN2CCCCC2)CC1. The summed E-state index contributed by atoms with van der Waals surface area (Å²) in [5.74, 6) is 0. The van der Waals surface area contributed by atoms with Crippen molar-refractivity contribution in [2.75, 3.05) is 39.5 Å². The summed E-state index contributed by atoms with van der Waals surface area (Å²) in [6.07, 6.45) is 25.2. The second kappa shape index (κ2) is 19.8. The van der Waals surface area contributed by atoms with Crippen LogP contribution in [0.5, 0.6) is 0 Å². The Labute approximate surface area is 215 Å². The molecule has 1 N–H and O–H groups in total. The first kappa shape index (κ1) is 31.0. The van der Waals surface area contributed by atoms with Crippen LogP contribution in [-0.4, -0.2) is 55.4 Å². The van der Waals surface area contributed by atoms with Crippen molar-refractivity contribution >= 4 is 7.82 Å². The number of likely N-dealkylation sites (tertiary alicyclic amines) is 1. The van der Waals surface area contributed by atoms with E-state index in [9.17, 15) is 9.46 Å². The number of hydrogen-bond donors (Lipinski definition) is 1. The Bertz CT molecular complexity index is 584. The van der Waals surface area contributed by atoms with E-state index < -0.39 is 7.82 Å². The Morgan fingerprint density at radius 1 is 0.857 bits per heavy atom. The van der Waals surface area contributed by atoms with Crippen molar-refractivity contribution < 1.29 is 23.2 Å². The van der Waals surface area contributed by atoms with Crippen molar-refractivity contribution in [3.05, 3.63) is 11.6 Å². The second-order valence-electron chi connectivity index (χ2n) is 10.4. The van der Waals surface area contributed by atoms with Crippen LogP contribution in [0, 0.1) is 0 Å². The molecule has 0 aromatic rings. The summed E-state index contributed by atoms with van der Waals surface area (Å²) in [6.45, 7) is 6.13. The van der Waals surface area contributed by atoms with Crippen LogP contribution in [0.1, 0.15) is 122 Å². The molecule has 2 rings (SSSR count). The number of nitrogens with zero attached hydrogens (tertiary/aromatic N) is 1. The van der Waals surface area contributed by atoms with Gasteiger partial charge in [0.15, 0.2) is 0 Å². The van der Waals surface area contributed by atoms with Crippen molar-refractivity contribution in [3.8, 4) is 0 Å². The van der Waals surface area contributed by atoms with E-state index in [1.165, 1.54) is 83.5 Å². The Balaban J connectivity index is 1.40. The van der Waals surface area contributed by atoms with E-state index in [-0.39, 0.29) is 19.3 Å². The fourth-order valence-corrected chi connectivity index (χ4v) is 5.89. The van der Waals surface area contributed by atoms with Gasteiger partial charge in [-0.3, -0.25) is 9.05 Å². The van der Waals surface area contributed by atoms with Gasteiger partial charge in [0.25, 0.3) is 0 Å². The molecule has 0 bridgehead atoms. The van der Waals surface area contributed by atoms with Gasteiger partial charge < -0.3 is 14.5 Å². The van der Waals surface area contributed by atoms with E-state index in [2.05, 4.69) is 17.9 Å². The third kappa shape index (κ3) is 16.3. The quantitative estimate of drug-likeness (QED) is 0.101. The minimum Gasteiger partial charge on any atom is -0.376 e. The molecular weight excluding hydrogens is 461 g/mol. The zero-order chi connectivity index (χ0) is 25.0. The molecular formula is C28H54NO5P. The molecule has 1 aliphatic carbocycles. The lowest BCUT2D eigenvalue weighted by Gasteiger charge is -2.26. The number of ether oxygens (including phenoxy) is 1. The molecule has 2 fully saturated rings. The first-order valence-corrected chi connectivity index (χ1v) is 16.2. The van der Waals surface area contributed by atoms with Gasteiger partial charge in [-0.1, -0.05) is 76.4 Å². The first-order chi connectivity index (χ1) is 17.1. The van der Waals surface area contributed by atoms with Crippen molar-refractivity contribution in [3.63, 3.8) is 0 Å². The van der Waals surface area contributed by atoms with Crippen molar-refractivity contribution in [2.24, 2.45) is 0 Å². The average molecular weight is 516 g/mol. The molecule has 1 saturated carbocycles. The van der Waals surface area contributed by atoms with Crippen molar-refractivity contribution in [2.45, 2.75) is 129 Å². The molecule has 0 aromatic heterocycles. The predicted molar refractivity (Wildman–Crippen MR) is 145 cm³/mol. The molecule has 7 heteroatoms. The molecule has 1 saturated heterocycles. The predicted octanol–water partition coefficient (Wildman–Crippen LogP) is 7.80. The summed E-state index contributed by atoms with van der Waals surface area (Å²) in [7, 11) is -3.98. The molecule has 0 aromatic carbocycles. The summed E-state index contributed by atoms with van der Waals surface area (Å²) in [4.78, 5) is 12.2. The number of allylic oxidation sites excluding steroid dienone is 2. The maximum absolute atomic E-state index is 12.0. The summed E-state index contributed by atoms with van der Waals surface area (Å²) >= 11 is 0. The van der Waals surface area contributed by atoms with Crippen LogP contribution < -0.4 is 0 Å². The Kier molecular flexibility index (Phi) is 17.6. The highest BCUT2D eigenvalue weighted by atomic mass is 31.2. The number of hydrogen-bond acceptors (Lipinski definition) is 5. The van der Waals surface area contributed by atoms with Crippen LogP contribution in [0.15, 0.2) is 11.6 Å². The lowest BCUT2D eigenvalue weighted by molar-refractivity contribution is 0.0113. The Morgan fingerprint density at radius 2 is 1.49 bits per heavy atom. The van der Waals surface area contributed by atoms with Crippen molar-refractivity contribution in [1.29, 1.82) is 0 Å². The number of phosphoric acid groups is 1. The minimum atomic E-state index is -3.98. The van der Waals surface area contributed by atoms with Crippen LogP contribution in [0.3, 0.4) is 0 Å². The van der Waals surface area contributed by atoms with Gasteiger partial charge in [-0.25, -0.2) is 4.57 Å². The molecule has 6 nitrogen and oxygen atoms in total. The zero-order valence-corrected chi connectivity index (χ0v) is 23.5. The van der Waals surface area contributed by atoms with Crippen LogP contribution in [-0.2, 0) is 18.3 Å². The van der Waals surface area contributed by atoms with Crippen LogP contribution in [0.4, 0.5) is 0 Å². The van der Waals surface area contributed by atoms with E-state index in [1.807, 2.05) is 0 Å². The molecule has 1 aliphatic heterocycles. The normalized spacial score (nSPS) is 21.2. The maximum atomic E-state index is 12.0. The van der Waals surface area contributed by atoms with Crippen LogP contribution >= 0.6 is 7.82 Å². The van der Waals surface area contributed by atoms with E-state index in [0.29, 0.717) is 6.61 Å². The monoisotopic (exact) mass is 515 g/mol. The fourth-order valence-electron chi connectivity index (χ4n) is 5.15. The zero-order valence-electron chi connectivity index (χ0n) is 22.6. The Hall–Kier alpha value is -0.230. The van der Waals surface area contributed by atoms with Gasteiger partial charge >= 0.3 is 7.82 Å². The molecule has 0 radical (unpaired) electrons. The maximum Gasteiger partial charge on any atom is 0.472 e. The molecule has 1 unspecified atom stereocenters. The molecule has 206 valence electrons. The smallest absolute Gasteiger partial charge is 0.376 e. The van der Waals surface area contributed by atoms with Crippen LogP contribution in [0.2, 0.25) is 0 Å². The minimum absolute atomic E-state index is 0.0949. The summed E-state index contributed by atoms with van der Waals surface area (Å²) in [6, 6.07) is 0. The molecule has 1 atom stereocenters. The summed E-state index contributed by atoms with van der Waals surface area (Å²) in [5, 5.41) is 0. The third-order valence-electron chi connectivity index (χ3n) is 7.33. The highest BCUT2D eigenvalue weighted by Crippen LogP contribution is 2.43. The van der Waals surface area contributed by atoms with E-state index in [0.717, 1.165) is 51.7 Å². The average Bonchev–Trinajstić information content (AvgIpc) is 2.87. The van der Waals surface area contributed by atoms with Gasteiger partial charge in [-0.05, 0) is 70.9 Å². The third-order valence-corrected chi connectivity index (χ3v) is 8.35. The largest absolute Gasteiger partial charge is 0.472 e.